The van der Waals surface area contributed by atoms with Crippen LogP contribution >= 0.6 is 0 Å². The van der Waals surface area contributed by atoms with E-state index in [1.165, 1.54) is 77.0 Å². The Labute approximate surface area is 281 Å². The van der Waals surface area contributed by atoms with Gasteiger partial charge < -0.3 is 22.9 Å². The van der Waals surface area contributed by atoms with E-state index in [9.17, 15) is 0 Å². The Morgan fingerprint density at radius 1 is 0.281 bits per heavy atom. The first-order valence-corrected chi connectivity index (χ1v) is 12.4. The summed E-state index contributed by atoms with van der Waals surface area (Å²) in [7, 11) is 0. The third kappa shape index (κ3) is 28.1. The third-order valence-electron chi connectivity index (χ3n) is 6.42. The molecule has 0 unspecified atom stereocenters. The molecule has 0 aliphatic heterocycles. The molecular formula is C24H48N4Pb4-2. The molecule has 4 N–H and O–H groups in total. The van der Waals surface area contributed by atoms with E-state index >= 15 is 0 Å². The van der Waals surface area contributed by atoms with Crippen molar-refractivity contribution in [3.8, 4) is 0 Å². The van der Waals surface area contributed by atoms with Gasteiger partial charge in [-0.25, -0.2) is 0 Å². The predicted molar refractivity (Wildman–Crippen MR) is 148 cm³/mol. The van der Waals surface area contributed by atoms with E-state index < -0.39 is 0 Å². The van der Waals surface area contributed by atoms with Crippen molar-refractivity contribution in [1.29, 1.82) is 0 Å². The number of hydrogen-bond acceptors (Lipinski definition) is 0. The summed E-state index contributed by atoms with van der Waals surface area (Å²) in [5, 5.41) is 0. The van der Waals surface area contributed by atoms with E-state index in [0.717, 1.165) is 51.4 Å². The first-order valence-electron chi connectivity index (χ1n) is 12.4. The van der Waals surface area contributed by atoms with Crippen molar-refractivity contribution >= 4 is 109 Å². The quantitative estimate of drug-likeness (QED) is 0.221. The minimum atomic E-state index is 0. The van der Waals surface area contributed by atoms with Gasteiger partial charge in [0, 0.05) is 81.9 Å². The van der Waals surface area contributed by atoms with Gasteiger partial charge in [0.15, 0.2) is 0 Å². The molecule has 32 heavy (non-hydrogen) atoms. The summed E-state index contributed by atoms with van der Waals surface area (Å²) in [4.78, 5) is 0. The zero-order valence-corrected chi connectivity index (χ0v) is 36.0. The molecule has 0 heterocycles. The van der Waals surface area contributed by atoms with Crippen LogP contribution in [0.2, 0.25) is 0 Å². The van der Waals surface area contributed by atoms with Gasteiger partial charge in [0.1, 0.15) is 0 Å². The summed E-state index contributed by atoms with van der Waals surface area (Å²) < 4.78 is 0. The zero-order valence-electron chi connectivity index (χ0n) is 20.5. The first-order chi connectivity index (χ1) is 13.6. The van der Waals surface area contributed by atoms with Crippen molar-refractivity contribution in [1.82, 2.24) is 0 Å². The van der Waals surface area contributed by atoms with E-state index in [1.54, 1.807) is 0 Å². The molecule has 4 rings (SSSR count). The monoisotopic (exact) mass is 1220 g/mol. The van der Waals surface area contributed by atoms with Crippen LogP contribution in [0.4, 0.5) is 0 Å². The Morgan fingerprint density at radius 3 is 0.469 bits per heavy atom. The van der Waals surface area contributed by atoms with Crippen LogP contribution in [0.3, 0.4) is 0 Å². The summed E-state index contributed by atoms with van der Waals surface area (Å²) >= 11 is 0. The first kappa shape index (κ1) is 42.6. The fourth-order valence-electron chi connectivity index (χ4n) is 4.41. The summed E-state index contributed by atoms with van der Waals surface area (Å²) in [5.41, 5.74) is 29.1. The van der Waals surface area contributed by atoms with E-state index in [1.807, 2.05) is 0 Å². The molecule has 0 aromatic heterocycles. The minimum absolute atomic E-state index is 0. The average molecular weight is 1220 g/mol. The molecule has 0 aromatic rings. The summed E-state index contributed by atoms with van der Waals surface area (Å²) in [6.07, 6.45) is 25.1. The van der Waals surface area contributed by atoms with E-state index in [-0.39, 0.29) is 133 Å². The van der Waals surface area contributed by atoms with Gasteiger partial charge in [0.2, 0.25) is 0 Å². The van der Waals surface area contributed by atoms with Crippen LogP contribution in [0.15, 0.2) is 0 Å². The maximum Gasteiger partial charge on any atom is 2.00 e. The van der Waals surface area contributed by atoms with Gasteiger partial charge in [-0.2, -0.15) is 0 Å². The van der Waals surface area contributed by atoms with Crippen molar-refractivity contribution in [3.63, 3.8) is 0 Å². The summed E-state index contributed by atoms with van der Waals surface area (Å²) in [6.45, 7) is 0. The van der Waals surface area contributed by atoms with Crippen LogP contribution in [0.25, 0.3) is 22.9 Å². The maximum absolute atomic E-state index is 7.27. The second-order valence-electron chi connectivity index (χ2n) is 9.34. The molecule has 4 aliphatic carbocycles. The van der Waals surface area contributed by atoms with Gasteiger partial charge in [-0.1, -0.05) is 128 Å². The van der Waals surface area contributed by atoms with Gasteiger partial charge in [0.05, 0.1) is 0 Å². The number of hydrogen-bond donors (Lipinski definition) is 0. The average Bonchev–Trinajstić information content (AvgIpc) is 2.72. The van der Waals surface area contributed by atoms with E-state index in [2.05, 4.69) is 0 Å². The Kier molecular flexibility index (Phi) is 40.9. The van der Waals surface area contributed by atoms with Crippen LogP contribution in [0, 0.1) is 0 Å². The van der Waals surface area contributed by atoms with Crippen molar-refractivity contribution in [2.24, 2.45) is 0 Å². The molecule has 0 saturated heterocycles. The molecule has 4 aliphatic rings. The van der Waals surface area contributed by atoms with Crippen molar-refractivity contribution in [2.75, 3.05) is 0 Å². The molecule has 4 fully saturated rings. The van der Waals surface area contributed by atoms with Gasteiger partial charge in [-0.15, -0.1) is 24.2 Å². The van der Waals surface area contributed by atoms with Crippen LogP contribution in [-0.4, -0.2) is 133 Å². The van der Waals surface area contributed by atoms with Crippen molar-refractivity contribution in [3.05, 3.63) is 22.9 Å². The number of rotatable bonds is 0. The topological polar surface area (TPSA) is 95.2 Å². The number of nitrogens with one attached hydrogen (secondary N) is 4. The van der Waals surface area contributed by atoms with Crippen LogP contribution < -0.4 is 0 Å². The molecule has 0 atom stereocenters. The third-order valence-corrected chi connectivity index (χ3v) is 6.42. The molecule has 0 bridgehead atoms. The normalized spacial score (nSPS) is 22.1. The fraction of sp³-hybridized carbons (Fsp3) is 1.00. The molecule has 0 spiro atoms. The van der Waals surface area contributed by atoms with Gasteiger partial charge in [-0.05, 0) is 0 Å². The van der Waals surface area contributed by atoms with Crippen molar-refractivity contribution < 1.29 is 0 Å². The predicted octanol–water partition coefficient (Wildman–Crippen LogP) is 7.96. The van der Waals surface area contributed by atoms with Gasteiger partial charge >= 0.3 is 27.3 Å². The molecule has 8 heteroatoms. The largest absolute Gasteiger partial charge is 2.00 e. The Balaban J connectivity index is -0.000000157. The maximum atomic E-state index is 7.27. The standard InChI is InChI=1S/4C6H12N.4Pb/c4*7-6-4-2-1-3-5-6;;;;/h4*6-7H,1-5H2;;;;/q4*-1;;;;+2. The smallest absolute Gasteiger partial charge is 0.675 e. The molecule has 4 nitrogen and oxygen atoms in total. The Morgan fingerprint density at radius 2 is 0.406 bits per heavy atom. The van der Waals surface area contributed by atoms with E-state index in [4.69, 9.17) is 22.9 Å². The summed E-state index contributed by atoms with van der Waals surface area (Å²) in [6, 6.07) is 1.14. The second kappa shape index (κ2) is 30.8. The molecule has 14 radical (unpaired) electrons. The molecule has 0 aromatic carbocycles. The van der Waals surface area contributed by atoms with Crippen molar-refractivity contribution in [2.45, 2.75) is 153 Å². The van der Waals surface area contributed by atoms with E-state index in [0.29, 0.717) is 0 Å². The molecule has 182 valence electrons. The second-order valence-corrected chi connectivity index (χ2v) is 9.34. The van der Waals surface area contributed by atoms with Gasteiger partial charge in [-0.3, -0.25) is 0 Å². The molecule has 4 saturated carbocycles. The molecule has 0 amide bonds. The van der Waals surface area contributed by atoms with Crippen LogP contribution in [0.1, 0.15) is 128 Å². The SMILES string of the molecule is [NH-]C1CCCCC1.[NH-]C1CCCCC1.[NH-]C1CCCCC1.[NH-]C1CCCCC1.[Pb+2].[Pb].[Pb].[Pb]. The Bertz CT molecular complexity index is 266. The van der Waals surface area contributed by atoms with Gasteiger partial charge in [0.25, 0.3) is 0 Å². The molecular weight excluding hydrogens is 1170 g/mol. The summed E-state index contributed by atoms with van der Waals surface area (Å²) in [5.74, 6) is 0. The minimum Gasteiger partial charge on any atom is -0.675 e. The van der Waals surface area contributed by atoms with Crippen LogP contribution in [-0.2, 0) is 0 Å². The zero-order chi connectivity index (χ0) is 20.5. The Hall–Kier alpha value is 3.53. The van der Waals surface area contributed by atoms with Crippen LogP contribution in [0.5, 0.6) is 0 Å². The fourth-order valence-corrected chi connectivity index (χ4v) is 4.41.